The van der Waals surface area contributed by atoms with Gasteiger partial charge in [0.05, 0.1) is 12.9 Å². The largest absolute Gasteiger partial charge is 0.496 e. The zero-order chi connectivity index (χ0) is 15.7. The fourth-order valence-electron chi connectivity index (χ4n) is 1.99. The van der Waals surface area contributed by atoms with Crippen molar-refractivity contribution in [3.63, 3.8) is 0 Å². The summed E-state index contributed by atoms with van der Waals surface area (Å²) in [5.74, 6) is 2.00. The van der Waals surface area contributed by atoms with Crippen molar-refractivity contribution in [2.24, 2.45) is 0 Å². The smallest absolute Gasteiger partial charge is 0.123 e. The number of hydrogen-bond acceptors (Lipinski definition) is 4. The van der Waals surface area contributed by atoms with Gasteiger partial charge in [-0.2, -0.15) is 0 Å². The normalized spacial score (nSPS) is 12.6. The molecule has 0 aromatic heterocycles. The number of ether oxygens (including phenoxy) is 2. The number of rotatable bonds is 10. The molecule has 120 valence electrons. The molecular weight excluding hydrogens is 286 g/mol. The monoisotopic (exact) mass is 313 g/mol. The third-order valence-electron chi connectivity index (χ3n) is 3.10. The van der Waals surface area contributed by atoms with Gasteiger partial charge in [-0.25, -0.2) is 0 Å². The van der Waals surface area contributed by atoms with E-state index in [-0.39, 0.29) is 0 Å². The van der Waals surface area contributed by atoms with Crippen LogP contribution < -0.4 is 10.1 Å². The lowest BCUT2D eigenvalue weighted by Crippen LogP contribution is -2.21. The predicted molar refractivity (Wildman–Crippen MR) is 88.2 cm³/mol. The lowest BCUT2D eigenvalue weighted by Gasteiger charge is -2.13. The Labute approximate surface area is 130 Å². The highest BCUT2D eigenvalue weighted by Gasteiger charge is 2.09. The Morgan fingerprint density at radius 2 is 2.05 bits per heavy atom. The van der Waals surface area contributed by atoms with E-state index in [0.717, 1.165) is 24.3 Å². The van der Waals surface area contributed by atoms with Crippen molar-refractivity contribution in [3.05, 3.63) is 29.3 Å². The van der Waals surface area contributed by atoms with Gasteiger partial charge in [0.15, 0.2) is 0 Å². The molecule has 0 aliphatic carbocycles. The van der Waals surface area contributed by atoms with Gasteiger partial charge in [-0.15, -0.1) is 0 Å². The van der Waals surface area contributed by atoms with Crippen molar-refractivity contribution >= 4 is 10.8 Å². The van der Waals surface area contributed by atoms with Gasteiger partial charge in [-0.3, -0.25) is 4.21 Å². The standard InChI is InChI=1S/C16H27NO3S/c1-13(2)17-11-14-6-7-16(20-4)15(10-14)12-21(18)9-5-8-19-3/h6-7,10,13,17H,5,8-9,11-12H2,1-4H3. The Morgan fingerprint density at radius 1 is 1.29 bits per heavy atom. The second kappa shape index (κ2) is 9.92. The molecule has 1 aromatic carbocycles. The summed E-state index contributed by atoms with van der Waals surface area (Å²) >= 11 is 0. The van der Waals surface area contributed by atoms with Crippen molar-refractivity contribution in [2.45, 2.75) is 38.6 Å². The van der Waals surface area contributed by atoms with E-state index in [1.165, 1.54) is 5.56 Å². The van der Waals surface area contributed by atoms with Gasteiger partial charge in [0.2, 0.25) is 0 Å². The van der Waals surface area contributed by atoms with Crippen LogP contribution in [0.2, 0.25) is 0 Å². The summed E-state index contributed by atoms with van der Waals surface area (Å²) in [4.78, 5) is 0. The topological polar surface area (TPSA) is 47.6 Å². The molecule has 4 nitrogen and oxygen atoms in total. The molecule has 0 spiro atoms. The zero-order valence-electron chi connectivity index (χ0n) is 13.5. The highest BCUT2D eigenvalue weighted by molar-refractivity contribution is 7.84. The molecule has 0 saturated heterocycles. The van der Waals surface area contributed by atoms with Crippen LogP contribution in [0.1, 0.15) is 31.4 Å². The van der Waals surface area contributed by atoms with E-state index in [1.54, 1.807) is 14.2 Å². The van der Waals surface area contributed by atoms with Crippen LogP contribution in [0.4, 0.5) is 0 Å². The van der Waals surface area contributed by atoms with E-state index in [0.29, 0.717) is 24.2 Å². The molecule has 21 heavy (non-hydrogen) atoms. The fraction of sp³-hybridized carbons (Fsp3) is 0.625. The first-order chi connectivity index (χ1) is 10.1. The van der Waals surface area contributed by atoms with Crippen molar-refractivity contribution in [2.75, 3.05) is 26.6 Å². The molecule has 0 bridgehead atoms. The maximum absolute atomic E-state index is 12.1. The second-order valence-corrected chi connectivity index (χ2v) is 6.89. The van der Waals surface area contributed by atoms with Gasteiger partial charge in [0, 0.05) is 48.4 Å². The summed E-state index contributed by atoms with van der Waals surface area (Å²) in [5.41, 5.74) is 2.20. The van der Waals surface area contributed by atoms with Gasteiger partial charge >= 0.3 is 0 Å². The molecule has 1 aromatic rings. The first-order valence-corrected chi connectivity index (χ1v) is 8.78. The fourth-order valence-corrected chi connectivity index (χ4v) is 3.14. The molecule has 0 heterocycles. The Bertz CT molecular complexity index is 449. The third kappa shape index (κ3) is 7.07. The third-order valence-corrected chi connectivity index (χ3v) is 4.47. The van der Waals surface area contributed by atoms with E-state index in [9.17, 15) is 4.21 Å². The molecule has 0 amide bonds. The van der Waals surface area contributed by atoms with Crippen LogP contribution in [0.3, 0.4) is 0 Å². The lowest BCUT2D eigenvalue weighted by atomic mass is 10.1. The van der Waals surface area contributed by atoms with Crippen LogP contribution >= 0.6 is 0 Å². The van der Waals surface area contributed by atoms with Crippen LogP contribution in [0.5, 0.6) is 5.75 Å². The van der Waals surface area contributed by atoms with Gasteiger partial charge in [0.25, 0.3) is 0 Å². The lowest BCUT2D eigenvalue weighted by molar-refractivity contribution is 0.200. The summed E-state index contributed by atoms with van der Waals surface area (Å²) in [7, 11) is 2.43. The van der Waals surface area contributed by atoms with Crippen LogP contribution in [-0.4, -0.2) is 36.8 Å². The van der Waals surface area contributed by atoms with Crippen LogP contribution in [0.25, 0.3) is 0 Å². The molecule has 1 unspecified atom stereocenters. The van der Waals surface area contributed by atoms with Crippen molar-refractivity contribution < 1.29 is 13.7 Å². The highest BCUT2D eigenvalue weighted by Crippen LogP contribution is 2.22. The van der Waals surface area contributed by atoms with Crippen molar-refractivity contribution in [3.8, 4) is 5.75 Å². The molecule has 1 atom stereocenters. The average Bonchev–Trinajstić information content (AvgIpc) is 2.45. The van der Waals surface area contributed by atoms with E-state index in [4.69, 9.17) is 9.47 Å². The zero-order valence-corrected chi connectivity index (χ0v) is 14.3. The minimum atomic E-state index is -0.886. The van der Waals surface area contributed by atoms with Gasteiger partial charge < -0.3 is 14.8 Å². The predicted octanol–water partition coefficient (Wildman–Crippen LogP) is 2.48. The van der Waals surface area contributed by atoms with E-state index in [2.05, 4.69) is 25.2 Å². The Kier molecular flexibility index (Phi) is 8.57. The Balaban J connectivity index is 2.68. The molecular formula is C16H27NO3S. The summed E-state index contributed by atoms with van der Waals surface area (Å²) < 4.78 is 22.5. The molecule has 0 radical (unpaired) electrons. The summed E-state index contributed by atoms with van der Waals surface area (Å²) in [5, 5.41) is 3.39. The first-order valence-electron chi connectivity index (χ1n) is 7.30. The minimum absolute atomic E-state index is 0.443. The van der Waals surface area contributed by atoms with Gasteiger partial charge in [0.1, 0.15) is 5.75 Å². The SMILES string of the molecule is COCCCS(=O)Cc1cc(CNC(C)C)ccc1OC. The molecule has 1 N–H and O–H groups in total. The Morgan fingerprint density at radius 3 is 2.67 bits per heavy atom. The van der Waals surface area contributed by atoms with Crippen molar-refractivity contribution in [1.82, 2.24) is 5.32 Å². The minimum Gasteiger partial charge on any atom is -0.496 e. The molecule has 0 fully saturated rings. The van der Waals surface area contributed by atoms with Crippen LogP contribution in [-0.2, 0) is 27.8 Å². The second-order valence-electron chi connectivity index (χ2n) is 5.32. The molecule has 0 saturated carbocycles. The average molecular weight is 313 g/mol. The Hall–Kier alpha value is -0.910. The number of nitrogens with one attached hydrogen (secondary N) is 1. The quantitative estimate of drug-likeness (QED) is 0.674. The first kappa shape index (κ1) is 18.1. The molecule has 0 aliphatic heterocycles. The van der Waals surface area contributed by atoms with E-state index in [1.807, 2.05) is 12.1 Å². The summed E-state index contributed by atoms with van der Waals surface area (Å²) in [6, 6.07) is 6.53. The molecule has 5 heteroatoms. The number of hydrogen-bond donors (Lipinski definition) is 1. The van der Waals surface area contributed by atoms with Gasteiger partial charge in [-0.1, -0.05) is 19.9 Å². The van der Waals surface area contributed by atoms with Crippen molar-refractivity contribution in [1.29, 1.82) is 0 Å². The maximum Gasteiger partial charge on any atom is 0.123 e. The van der Waals surface area contributed by atoms with E-state index >= 15 is 0 Å². The van der Waals surface area contributed by atoms with Crippen LogP contribution in [0.15, 0.2) is 18.2 Å². The summed E-state index contributed by atoms with van der Waals surface area (Å²) in [6.07, 6.45) is 0.819. The highest BCUT2D eigenvalue weighted by atomic mass is 32.2. The summed E-state index contributed by atoms with van der Waals surface area (Å²) in [6.45, 7) is 5.71. The van der Waals surface area contributed by atoms with Gasteiger partial charge in [-0.05, 0) is 24.1 Å². The molecule has 0 aliphatic rings. The number of benzene rings is 1. The number of methoxy groups -OCH3 is 2. The maximum atomic E-state index is 12.1. The molecule has 1 rings (SSSR count). The van der Waals surface area contributed by atoms with E-state index < -0.39 is 10.8 Å². The van der Waals surface area contributed by atoms with Crippen LogP contribution in [0, 0.1) is 0 Å².